The fourth-order valence-corrected chi connectivity index (χ4v) is 2.75. The number of carbonyl (C=O) groups excluding carboxylic acids is 1. The monoisotopic (exact) mass is 289 g/mol. The van der Waals surface area contributed by atoms with Gasteiger partial charge in [-0.15, -0.1) is 11.3 Å². The number of amides is 1. The Morgan fingerprint density at radius 2 is 2.35 bits per heavy atom. The highest BCUT2D eigenvalue weighted by atomic mass is 32.1. The summed E-state index contributed by atoms with van der Waals surface area (Å²) < 4.78 is 7.26. The minimum Gasteiger partial charge on any atom is -0.360 e. The van der Waals surface area contributed by atoms with Crippen molar-refractivity contribution in [2.24, 2.45) is 0 Å². The number of nitrogens with zero attached hydrogens (tertiary/aromatic N) is 2. The predicted octanol–water partition coefficient (Wildman–Crippen LogP) is 2.00. The van der Waals surface area contributed by atoms with E-state index < -0.39 is 0 Å². The van der Waals surface area contributed by atoms with E-state index in [1.807, 2.05) is 11.4 Å². The van der Waals surface area contributed by atoms with Crippen molar-refractivity contribution in [1.29, 1.82) is 0 Å². The van der Waals surface area contributed by atoms with Crippen LogP contribution >= 0.6 is 11.3 Å². The molecule has 0 saturated carbocycles. The van der Waals surface area contributed by atoms with Gasteiger partial charge in [0.1, 0.15) is 12.3 Å². The average Bonchev–Trinajstić information content (AvgIpc) is 3.02. The van der Waals surface area contributed by atoms with Gasteiger partial charge in [0, 0.05) is 18.3 Å². The molecule has 0 spiro atoms. The Morgan fingerprint density at radius 3 is 3.10 bits per heavy atom. The predicted molar refractivity (Wildman–Crippen MR) is 76.0 cm³/mol. The Kier molecular flexibility index (Phi) is 3.11. The van der Waals surface area contributed by atoms with Gasteiger partial charge in [0.2, 0.25) is 5.91 Å². The second-order valence-corrected chi connectivity index (χ2v) is 5.23. The second-order valence-electron chi connectivity index (χ2n) is 4.31. The Labute approximate surface area is 117 Å². The van der Waals surface area contributed by atoms with Gasteiger partial charge in [-0.05, 0) is 18.4 Å². The molecule has 0 aliphatic heterocycles. The summed E-state index contributed by atoms with van der Waals surface area (Å²) in [7, 11) is 0. The topological polar surface area (TPSA) is 77.1 Å². The van der Waals surface area contributed by atoms with E-state index in [0.717, 1.165) is 5.52 Å². The van der Waals surface area contributed by atoms with Gasteiger partial charge in [0.25, 0.3) is 0 Å². The van der Waals surface area contributed by atoms with E-state index in [1.54, 1.807) is 23.8 Å². The van der Waals surface area contributed by atoms with E-state index in [-0.39, 0.29) is 17.9 Å². The third-order valence-corrected chi connectivity index (χ3v) is 3.71. The zero-order valence-electron chi connectivity index (χ0n) is 10.6. The molecule has 102 valence electrons. The third kappa shape index (κ3) is 2.35. The molecule has 3 rings (SSSR count). The van der Waals surface area contributed by atoms with Crippen molar-refractivity contribution in [2.75, 3.05) is 5.32 Å². The Hall–Kier alpha value is -2.41. The van der Waals surface area contributed by atoms with Crippen LogP contribution in [0.3, 0.4) is 0 Å². The van der Waals surface area contributed by atoms with E-state index >= 15 is 0 Å². The lowest BCUT2D eigenvalue weighted by Crippen LogP contribution is -2.20. The highest BCUT2D eigenvalue weighted by molar-refractivity contribution is 7.17. The van der Waals surface area contributed by atoms with E-state index in [1.165, 1.54) is 17.4 Å². The van der Waals surface area contributed by atoms with Crippen molar-refractivity contribution in [1.82, 2.24) is 9.72 Å². The molecule has 20 heavy (non-hydrogen) atoms. The number of rotatable bonds is 3. The van der Waals surface area contributed by atoms with Gasteiger partial charge in [-0.2, -0.15) is 0 Å². The van der Waals surface area contributed by atoms with E-state index in [9.17, 15) is 9.59 Å². The van der Waals surface area contributed by atoms with Crippen LogP contribution < -0.4 is 10.7 Å². The van der Waals surface area contributed by atoms with Gasteiger partial charge in [-0.3, -0.25) is 9.59 Å². The molecule has 0 unspecified atom stereocenters. The molecule has 0 fully saturated rings. The van der Waals surface area contributed by atoms with Crippen molar-refractivity contribution >= 4 is 33.3 Å². The number of pyridine rings is 1. The molecule has 6 nitrogen and oxygen atoms in total. The first-order chi connectivity index (χ1) is 9.63. The minimum atomic E-state index is -0.227. The molecule has 0 radical (unpaired) electrons. The number of carbonyl (C=O) groups is 1. The Balaban J connectivity index is 1.82. The summed E-state index contributed by atoms with van der Waals surface area (Å²) in [5, 5.41) is 8.18. The summed E-state index contributed by atoms with van der Waals surface area (Å²) in [4.78, 5) is 23.6. The van der Waals surface area contributed by atoms with Crippen LogP contribution in [0.2, 0.25) is 0 Å². The molecular formula is C13H11N3O3S. The number of nitrogens with one attached hydrogen (secondary N) is 1. The highest BCUT2D eigenvalue weighted by Crippen LogP contribution is 2.16. The van der Waals surface area contributed by atoms with Crippen LogP contribution in [0.15, 0.2) is 39.1 Å². The van der Waals surface area contributed by atoms with Crippen molar-refractivity contribution in [3.05, 3.63) is 45.8 Å². The molecule has 0 atom stereocenters. The molecule has 3 heterocycles. The molecule has 0 bridgehead atoms. The summed E-state index contributed by atoms with van der Waals surface area (Å²) in [5.74, 6) is 0.786. The molecule has 1 amide bonds. The summed E-state index contributed by atoms with van der Waals surface area (Å²) >= 11 is 1.37. The summed E-state index contributed by atoms with van der Waals surface area (Å²) in [6.07, 6.45) is 1.62. The Morgan fingerprint density at radius 1 is 1.50 bits per heavy atom. The molecular weight excluding hydrogens is 278 g/mol. The molecule has 0 aliphatic carbocycles. The maximum atomic E-state index is 12.0. The molecule has 3 aromatic rings. The van der Waals surface area contributed by atoms with E-state index in [2.05, 4.69) is 10.5 Å². The van der Waals surface area contributed by atoms with Gasteiger partial charge in [0.15, 0.2) is 11.2 Å². The van der Waals surface area contributed by atoms with Gasteiger partial charge in [0.05, 0.1) is 10.2 Å². The van der Waals surface area contributed by atoms with Gasteiger partial charge < -0.3 is 14.4 Å². The lowest BCUT2D eigenvalue weighted by Gasteiger charge is -2.07. The first-order valence-electron chi connectivity index (χ1n) is 5.93. The number of hydrogen-bond acceptors (Lipinski definition) is 5. The smallest absolute Gasteiger partial charge is 0.245 e. The number of hydrogen-bond donors (Lipinski definition) is 1. The largest absolute Gasteiger partial charge is 0.360 e. The van der Waals surface area contributed by atoms with Crippen LogP contribution in [0.4, 0.5) is 5.82 Å². The fourth-order valence-electron chi connectivity index (χ4n) is 1.93. The third-order valence-electron chi connectivity index (χ3n) is 2.79. The summed E-state index contributed by atoms with van der Waals surface area (Å²) in [5.41, 5.74) is 0.729. The zero-order valence-corrected chi connectivity index (χ0v) is 11.4. The van der Waals surface area contributed by atoms with Crippen LogP contribution in [0.1, 0.15) is 5.76 Å². The van der Waals surface area contributed by atoms with Crippen LogP contribution in [0.5, 0.6) is 0 Å². The number of fused-ring (bicyclic) bond motifs is 1. The number of anilines is 1. The quantitative estimate of drug-likeness (QED) is 0.800. The van der Waals surface area contributed by atoms with Crippen molar-refractivity contribution in [2.45, 2.75) is 13.5 Å². The normalized spacial score (nSPS) is 10.8. The van der Waals surface area contributed by atoms with Crippen LogP contribution in [0.25, 0.3) is 10.2 Å². The number of thiophene rings is 1. The highest BCUT2D eigenvalue weighted by Gasteiger charge is 2.09. The zero-order chi connectivity index (χ0) is 14.1. The fraction of sp³-hybridized carbons (Fsp3) is 0.154. The lowest BCUT2D eigenvalue weighted by molar-refractivity contribution is -0.116. The Bertz CT molecular complexity index is 831. The summed E-state index contributed by atoms with van der Waals surface area (Å²) in [6, 6.07) is 4.94. The molecule has 0 aliphatic rings. The first kappa shape index (κ1) is 12.6. The molecule has 0 saturated heterocycles. The first-order valence-corrected chi connectivity index (χ1v) is 6.81. The van der Waals surface area contributed by atoms with Crippen LogP contribution in [-0.4, -0.2) is 15.6 Å². The molecule has 0 aromatic carbocycles. The van der Waals surface area contributed by atoms with E-state index in [4.69, 9.17) is 4.52 Å². The molecule has 1 N–H and O–H groups in total. The van der Waals surface area contributed by atoms with Crippen molar-refractivity contribution < 1.29 is 9.32 Å². The van der Waals surface area contributed by atoms with Crippen LogP contribution in [0, 0.1) is 6.92 Å². The standard InChI is InChI=1S/C13H11N3O3S/c1-8-6-11(15-19-8)14-12(18)7-16-4-2-10(17)13-9(16)3-5-20-13/h2-6H,7H2,1H3,(H,14,15,18). The number of aryl methyl sites for hydroxylation is 1. The minimum absolute atomic E-state index is 0.0289. The number of aromatic nitrogens is 2. The van der Waals surface area contributed by atoms with Crippen molar-refractivity contribution in [3.63, 3.8) is 0 Å². The maximum Gasteiger partial charge on any atom is 0.245 e. The molecule has 7 heteroatoms. The maximum absolute atomic E-state index is 12.0. The van der Waals surface area contributed by atoms with Crippen LogP contribution in [-0.2, 0) is 11.3 Å². The average molecular weight is 289 g/mol. The van der Waals surface area contributed by atoms with Crippen molar-refractivity contribution in [3.8, 4) is 0 Å². The van der Waals surface area contributed by atoms with E-state index in [0.29, 0.717) is 16.3 Å². The molecule has 3 aromatic heterocycles. The van der Waals surface area contributed by atoms with Gasteiger partial charge >= 0.3 is 0 Å². The SMILES string of the molecule is Cc1cc(NC(=O)Cn2ccc(=O)c3sccc32)no1. The lowest BCUT2D eigenvalue weighted by atomic mass is 10.3. The summed E-state index contributed by atoms with van der Waals surface area (Å²) in [6.45, 7) is 1.86. The van der Waals surface area contributed by atoms with Gasteiger partial charge in [-0.1, -0.05) is 5.16 Å². The van der Waals surface area contributed by atoms with Gasteiger partial charge in [-0.25, -0.2) is 0 Å². The second kappa shape index (κ2) is 4.93.